The summed E-state index contributed by atoms with van der Waals surface area (Å²) >= 11 is 6.26. The summed E-state index contributed by atoms with van der Waals surface area (Å²) in [5.74, 6) is 1.91. The maximum absolute atomic E-state index is 6.62. The molecule has 0 fully saturated rings. The van der Waals surface area contributed by atoms with E-state index in [1.807, 2.05) is 28.9 Å². The molecule has 1 aromatic heterocycles. The van der Waals surface area contributed by atoms with Crippen LogP contribution in [0.4, 0.5) is 0 Å². The van der Waals surface area contributed by atoms with Gasteiger partial charge in [-0.15, -0.1) is 0 Å². The molecule has 2 aliphatic rings. The maximum atomic E-state index is 6.62. The summed E-state index contributed by atoms with van der Waals surface area (Å²) < 4.78 is 14.7. The van der Waals surface area contributed by atoms with E-state index in [2.05, 4.69) is 52.8 Å². The van der Waals surface area contributed by atoms with E-state index in [0.29, 0.717) is 11.6 Å². The van der Waals surface area contributed by atoms with Crippen molar-refractivity contribution in [1.29, 1.82) is 0 Å². The largest absolute Gasteiger partial charge is 0.493 e. The van der Waals surface area contributed by atoms with Gasteiger partial charge in [-0.05, 0) is 52.0 Å². The van der Waals surface area contributed by atoms with E-state index in [4.69, 9.17) is 26.2 Å². The van der Waals surface area contributed by atoms with Crippen LogP contribution in [-0.2, 0) is 5.41 Å². The monoisotopic (exact) mass is 408 g/mol. The second-order valence-corrected chi connectivity index (χ2v) is 9.36. The first kappa shape index (κ1) is 18.6. The summed E-state index contributed by atoms with van der Waals surface area (Å²) in [6, 6.07) is 14.2. The summed E-state index contributed by atoms with van der Waals surface area (Å²) in [5.41, 5.74) is 4.74. The Morgan fingerprint density at radius 2 is 1.90 bits per heavy atom. The van der Waals surface area contributed by atoms with Crippen LogP contribution in [0.15, 0.2) is 42.5 Å². The molecule has 4 nitrogen and oxygen atoms in total. The summed E-state index contributed by atoms with van der Waals surface area (Å²) in [5, 5.41) is 5.57. The number of rotatable bonds is 1. The van der Waals surface area contributed by atoms with Crippen molar-refractivity contribution >= 4 is 11.6 Å². The minimum atomic E-state index is -0.425. The van der Waals surface area contributed by atoms with Crippen molar-refractivity contribution in [3.05, 3.63) is 69.9 Å². The lowest BCUT2D eigenvalue weighted by Crippen LogP contribution is -2.57. The van der Waals surface area contributed by atoms with E-state index in [-0.39, 0.29) is 11.3 Å². The van der Waals surface area contributed by atoms with Gasteiger partial charge in [-0.3, -0.25) is 0 Å². The van der Waals surface area contributed by atoms with E-state index in [1.165, 1.54) is 11.1 Å². The van der Waals surface area contributed by atoms with Crippen LogP contribution in [0.3, 0.4) is 0 Å². The lowest BCUT2D eigenvalue weighted by atomic mass is 9.59. The van der Waals surface area contributed by atoms with Gasteiger partial charge in [-0.1, -0.05) is 42.3 Å². The molecule has 2 aromatic carbocycles. The van der Waals surface area contributed by atoms with E-state index in [1.54, 1.807) is 0 Å². The Kier molecular flexibility index (Phi) is 3.85. The Labute approximate surface area is 176 Å². The summed E-state index contributed by atoms with van der Waals surface area (Å²) in [6.45, 7) is 11.4. The van der Waals surface area contributed by atoms with Gasteiger partial charge in [0.1, 0.15) is 11.4 Å². The number of aryl methyl sites for hydroxylation is 2. The Hall–Kier alpha value is -2.46. The number of fused-ring (bicyclic) bond motifs is 5. The normalized spacial score (nSPS) is 24.0. The molecule has 0 radical (unpaired) electrons. The highest BCUT2D eigenvalue weighted by Crippen LogP contribution is 2.57. The molecule has 0 unspecified atom stereocenters. The zero-order valence-corrected chi connectivity index (χ0v) is 18.2. The predicted molar refractivity (Wildman–Crippen MR) is 115 cm³/mol. The van der Waals surface area contributed by atoms with Crippen molar-refractivity contribution in [2.75, 3.05) is 6.61 Å². The van der Waals surface area contributed by atoms with Gasteiger partial charge in [0.25, 0.3) is 0 Å². The minimum Gasteiger partial charge on any atom is -0.493 e. The molecule has 5 heteroatoms. The Bertz CT molecular complexity index is 1130. The lowest BCUT2D eigenvalue weighted by Gasteiger charge is -2.52. The van der Waals surface area contributed by atoms with Crippen LogP contribution in [0.25, 0.3) is 5.69 Å². The van der Waals surface area contributed by atoms with Crippen LogP contribution < -0.4 is 9.47 Å². The zero-order valence-electron chi connectivity index (χ0n) is 17.4. The third-order valence-electron chi connectivity index (χ3n) is 6.59. The topological polar surface area (TPSA) is 36.3 Å². The highest BCUT2D eigenvalue weighted by Gasteiger charge is 2.57. The third kappa shape index (κ3) is 2.55. The molecule has 3 heterocycles. The van der Waals surface area contributed by atoms with Gasteiger partial charge in [-0.25, -0.2) is 4.68 Å². The van der Waals surface area contributed by atoms with Crippen LogP contribution in [0, 0.1) is 19.8 Å². The Balaban J connectivity index is 1.82. The second kappa shape index (κ2) is 6.02. The number of benzene rings is 2. The van der Waals surface area contributed by atoms with Gasteiger partial charge >= 0.3 is 0 Å². The number of hydrogen-bond acceptors (Lipinski definition) is 3. The first-order valence-corrected chi connectivity index (χ1v) is 10.4. The van der Waals surface area contributed by atoms with Crippen LogP contribution in [0.1, 0.15) is 43.2 Å². The standard InChI is InChI=1S/C24H25ClN2O2/c1-14-9-10-19-18(11-14)24(5)20(13-28-19)23(3,4)29-22-21(24)15(2)26-27(22)17-8-6-7-16(25)12-17/h6-12,20H,13H2,1-5H3/t20-,24-/m1/s1. The molecule has 0 spiro atoms. The summed E-state index contributed by atoms with van der Waals surface area (Å²) in [4.78, 5) is 0. The smallest absolute Gasteiger partial charge is 0.221 e. The molecule has 0 aliphatic carbocycles. The molecule has 0 bridgehead atoms. The molecular weight excluding hydrogens is 384 g/mol. The first-order valence-electron chi connectivity index (χ1n) is 10.0. The van der Waals surface area contributed by atoms with Crippen LogP contribution >= 0.6 is 11.6 Å². The number of halogens is 1. The van der Waals surface area contributed by atoms with Gasteiger partial charge in [0.15, 0.2) is 0 Å². The molecule has 2 aliphatic heterocycles. The third-order valence-corrected chi connectivity index (χ3v) is 6.82. The number of aromatic nitrogens is 2. The van der Waals surface area contributed by atoms with Crippen molar-refractivity contribution in [3.8, 4) is 17.3 Å². The SMILES string of the molecule is Cc1ccc2c(c1)[C@@]1(C)c3c(C)nn(-c4cccc(Cl)c4)c3OC(C)(C)[C@H]1CO2. The van der Waals surface area contributed by atoms with Gasteiger partial charge in [0.05, 0.1) is 18.0 Å². The molecule has 150 valence electrons. The first-order chi connectivity index (χ1) is 13.7. The van der Waals surface area contributed by atoms with Crippen LogP contribution in [-0.4, -0.2) is 22.0 Å². The van der Waals surface area contributed by atoms with E-state index >= 15 is 0 Å². The van der Waals surface area contributed by atoms with Gasteiger partial charge in [-0.2, -0.15) is 5.10 Å². The molecule has 3 aromatic rings. The van der Waals surface area contributed by atoms with Crippen molar-refractivity contribution in [2.24, 2.45) is 5.92 Å². The summed E-state index contributed by atoms with van der Waals surface area (Å²) in [6.07, 6.45) is 0. The molecule has 0 N–H and O–H groups in total. The van der Waals surface area contributed by atoms with Crippen molar-refractivity contribution in [2.45, 2.75) is 45.6 Å². The highest BCUT2D eigenvalue weighted by molar-refractivity contribution is 6.30. The average Bonchev–Trinajstić information content (AvgIpc) is 2.98. The molecule has 0 amide bonds. The highest BCUT2D eigenvalue weighted by atomic mass is 35.5. The second-order valence-electron chi connectivity index (χ2n) is 8.93. The van der Waals surface area contributed by atoms with Gasteiger partial charge < -0.3 is 9.47 Å². The predicted octanol–water partition coefficient (Wildman–Crippen LogP) is 5.63. The Morgan fingerprint density at radius 3 is 2.66 bits per heavy atom. The van der Waals surface area contributed by atoms with Crippen molar-refractivity contribution < 1.29 is 9.47 Å². The number of hydrogen-bond donors (Lipinski definition) is 0. The number of ether oxygens (including phenoxy) is 2. The van der Waals surface area contributed by atoms with E-state index in [9.17, 15) is 0 Å². The maximum Gasteiger partial charge on any atom is 0.221 e. The van der Waals surface area contributed by atoms with Crippen molar-refractivity contribution in [3.63, 3.8) is 0 Å². The average molecular weight is 409 g/mol. The molecule has 2 atom stereocenters. The summed E-state index contributed by atoms with van der Waals surface area (Å²) in [7, 11) is 0. The van der Waals surface area contributed by atoms with Gasteiger partial charge in [0, 0.05) is 27.5 Å². The molecule has 29 heavy (non-hydrogen) atoms. The fraction of sp³-hybridized carbons (Fsp3) is 0.375. The van der Waals surface area contributed by atoms with E-state index < -0.39 is 5.60 Å². The van der Waals surface area contributed by atoms with Gasteiger partial charge in [0.2, 0.25) is 5.88 Å². The quantitative estimate of drug-likeness (QED) is 0.523. The Morgan fingerprint density at radius 1 is 1.10 bits per heavy atom. The van der Waals surface area contributed by atoms with Crippen LogP contribution in [0.5, 0.6) is 11.6 Å². The minimum absolute atomic E-state index is 0.160. The van der Waals surface area contributed by atoms with Crippen LogP contribution in [0.2, 0.25) is 5.02 Å². The fourth-order valence-corrected chi connectivity index (χ4v) is 5.39. The molecule has 0 saturated heterocycles. The fourth-order valence-electron chi connectivity index (χ4n) is 5.21. The molecule has 0 saturated carbocycles. The van der Waals surface area contributed by atoms with Crippen molar-refractivity contribution in [1.82, 2.24) is 9.78 Å². The molecular formula is C24H25ClN2O2. The number of nitrogens with zero attached hydrogens (tertiary/aromatic N) is 2. The van der Waals surface area contributed by atoms with E-state index in [0.717, 1.165) is 28.6 Å². The molecule has 5 rings (SSSR count). The lowest BCUT2D eigenvalue weighted by molar-refractivity contribution is -0.0440. The zero-order chi connectivity index (χ0) is 20.6.